The number of methoxy groups -OCH3 is 3. The Morgan fingerprint density at radius 1 is 1.06 bits per heavy atom. The van der Waals surface area contributed by atoms with Crippen LogP contribution in [-0.4, -0.2) is 32.3 Å². The van der Waals surface area contributed by atoms with Crippen molar-refractivity contribution in [3.8, 4) is 28.4 Å². The van der Waals surface area contributed by atoms with E-state index in [4.69, 9.17) is 18.6 Å². The van der Waals surface area contributed by atoms with Crippen molar-refractivity contribution in [1.29, 1.82) is 0 Å². The second kappa shape index (κ2) is 8.55. The van der Waals surface area contributed by atoms with Crippen LogP contribution in [0.1, 0.15) is 62.0 Å². The Morgan fingerprint density at radius 3 is 2.44 bits per heavy atom. The highest BCUT2D eigenvalue weighted by atomic mass is 16.5. The molecular formula is C27H31NO6. The molecule has 7 nitrogen and oxygen atoms in total. The van der Waals surface area contributed by atoms with Gasteiger partial charge in [0.05, 0.1) is 27.4 Å². The fraction of sp³-hybridized carbons (Fsp3) is 0.444. The molecule has 2 N–H and O–H groups in total. The van der Waals surface area contributed by atoms with Gasteiger partial charge in [0.1, 0.15) is 16.9 Å². The number of rotatable bonds is 5. The molecule has 34 heavy (non-hydrogen) atoms. The summed E-state index contributed by atoms with van der Waals surface area (Å²) in [5, 5.41) is 15.1. The minimum absolute atomic E-state index is 0.0930. The van der Waals surface area contributed by atoms with Gasteiger partial charge in [-0.2, -0.15) is 0 Å². The van der Waals surface area contributed by atoms with E-state index in [1.807, 2.05) is 18.2 Å². The summed E-state index contributed by atoms with van der Waals surface area (Å²) in [6.45, 7) is 1.53. The minimum atomic E-state index is -0.917. The summed E-state index contributed by atoms with van der Waals surface area (Å²) in [6.07, 6.45) is 4.81. The number of benzene rings is 2. The molecule has 2 aliphatic rings. The van der Waals surface area contributed by atoms with E-state index >= 15 is 0 Å². The van der Waals surface area contributed by atoms with Crippen LogP contribution in [0, 0.1) is 0 Å². The first-order valence-electron chi connectivity index (χ1n) is 11.8. The van der Waals surface area contributed by atoms with Crippen LogP contribution in [-0.2, 0) is 16.8 Å². The summed E-state index contributed by atoms with van der Waals surface area (Å²) < 4.78 is 23.3. The Hall–Kier alpha value is -3.19. The Kier molecular flexibility index (Phi) is 5.68. The first-order chi connectivity index (χ1) is 16.4. The molecule has 0 saturated heterocycles. The summed E-state index contributed by atoms with van der Waals surface area (Å²) in [6, 6.07) is 7.81. The molecule has 1 atom stereocenters. The summed E-state index contributed by atoms with van der Waals surface area (Å²) >= 11 is 0. The first-order valence-corrected chi connectivity index (χ1v) is 11.8. The molecule has 2 aromatic carbocycles. The normalized spacial score (nSPS) is 18.7. The number of carbonyl (C=O) groups is 1. The third kappa shape index (κ3) is 3.59. The third-order valence-corrected chi connectivity index (χ3v) is 7.21. The number of aryl methyl sites for hydroxylation is 1. The van der Waals surface area contributed by atoms with Gasteiger partial charge in [-0.15, -0.1) is 0 Å². The number of ether oxygens (including phenoxy) is 3. The Bertz CT molecular complexity index is 1250. The Labute approximate surface area is 199 Å². The quantitative estimate of drug-likeness (QED) is 0.551. The van der Waals surface area contributed by atoms with Crippen molar-refractivity contribution in [3.63, 3.8) is 0 Å². The lowest BCUT2D eigenvalue weighted by atomic mass is 9.92. The zero-order chi connectivity index (χ0) is 24.0. The van der Waals surface area contributed by atoms with Gasteiger partial charge in [-0.1, -0.05) is 0 Å². The average Bonchev–Trinajstić information content (AvgIpc) is 3.43. The van der Waals surface area contributed by atoms with Crippen LogP contribution in [0.3, 0.4) is 0 Å². The molecule has 7 heteroatoms. The number of fused-ring (bicyclic) bond motifs is 4. The summed E-state index contributed by atoms with van der Waals surface area (Å²) in [5.41, 5.74) is 3.66. The van der Waals surface area contributed by atoms with Crippen LogP contribution < -0.4 is 19.5 Å². The van der Waals surface area contributed by atoms with Crippen LogP contribution in [0.25, 0.3) is 22.1 Å². The van der Waals surface area contributed by atoms with Crippen LogP contribution in [0.4, 0.5) is 0 Å². The number of furan rings is 1. The third-order valence-electron chi connectivity index (χ3n) is 7.21. The molecule has 1 heterocycles. The predicted octanol–water partition coefficient (Wildman–Crippen LogP) is 5.01. The van der Waals surface area contributed by atoms with Gasteiger partial charge in [-0.05, 0) is 79.5 Å². The molecule has 1 fully saturated rings. The molecule has 1 amide bonds. The second-order valence-corrected chi connectivity index (χ2v) is 9.30. The van der Waals surface area contributed by atoms with Gasteiger partial charge in [0.15, 0.2) is 11.5 Å². The van der Waals surface area contributed by atoms with E-state index in [-0.39, 0.29) is 11.9 Å². The van der Waals surface area contributed by atoms with E-state index in [1.54, 1.807) is 21.3 Å². The molecule has 1 saturated carbocycles. The van der Waals surface area contributed by atoms with Crippen LogP contribution in [0.2, 0.25) is 0 Å². The smallest absolute Gasteiger partial charge is 0.217 e. The molecule has 5 rings (SSSR count). The number of carbonyl (C=O) groups excluding carboxylic acids is 1. The summed E-state index contributed by atoms with van der Waals surface area (Å²) in [5.74, 6) is 2.24. The molecule has 2 aliphatic carbocycles. The number of aliphatic hydroxyl groups is 1. The minimum Gasteiger partial charge on any atom is -0.493 e. The highest BCUT2D eigenvalue weighted by Crippen LogP contribution is 2.51. The molecule has 0 spiro atoms. The first kappa shape index (κ1) is 22.6. The van der Waals surface area contributed by atoms with Gasteiger partial charge in [-0.25, -0.2) is 0 Å². The molecule has 0 bridgehead atoms. The second-order valence-electron chi connectivity index (χ2n) is 9.30. The zero-order valence-electron chi connectivity index (χ0n) is 20.1. The molecule has 0 aliphatic heterocycles. The maximum absolute atomic E-state index is 12.1. The molecule has 0 radical (unpaired) electrons. The van der Waals surface area contributed by atoms with Crippen molar-refractivity contribution >= 4 is 16.9 Å². The summed E-state index contributed by atoms with van der Waals surface area (Å²) in [7, 11) is 4.83. The number of hydrogen-bond acceptors (Lipinski definition) is 6. The Balaban J connectivity index is 1.78. The van der Waals surface area contributed by atoms with Gasteiger partial charge in [0.2, 0.25) is 11.7 Å². The lowest BCUT2D eigenvalue weighted by molar-refractivity contribution is -0.119. The maximum atomic E-state index is 12.1. The molecular weight excluding hydrogens is 434 g/mol. The highest BCUT2D eigenvalue weighted by molar-refractivity contribution is 5.91. The highest BCUT2D eigenvalue weighted by Gasteiger charge is 2.37. The van der Waals surface area contributed by atoms with Crippen molar-refractivity contribution in [2.75, 3.05) is 21.3 Å². The zero-order valence-corrected chi connectivity index (χ0v) is 20.1. The fourth-order valence-electron chi connectivity index (χ4n) is 5.59. The van der Waals surface area contributed by atoms with Gasteiger partial charge >= 0.3 is 0 Å². The van der Waals surface area contributed by atoms with Crippen molar-refractivity contribution in [2.24, 2.45) is 0 Å². The van der Waals surface area contributed by atoms with Gasteiger partial charge in [0.25, 0.3) is 0 Å². The van der Waals surface area contributed by atoms with E-state index in [9.17, 15) is 9.90 Å². The SMILES string of the molecule is COc1cc2c(c(OC)c1OC)-c1cc3cc(C4(O)CCCC4)oc3cc1[C@@H](NC(C)=O)CC2. The number of hydrogen-bond donors (Lipinski definition) is 2. The van der Waals surface area contributed by atoms with E-state index < -0.39 is 5.60 Å². The van der Waals surface area contributed by atoms with E-state index in [0.29, 0.717) is 47.9 Å². The number of amides is 1. The molecule has 0 unspecified atom stereocenters. The fourth-order valence-corrected chi connectivity index (χ4v) is 5.59. The predicted molar refractivity (Wildman–Crippen MR) is 129 cm³/mol. The van der Waals surface area contributed by atoms with Crippen molar-refractivity contribution in [3.05, 3.63) is 41.2 Å². The van der Waals surface area contributed by atoms with Gasteiger partial charge < -0.3 is 29.1 Å². The van der Waals surface area contributed by atoms with Crippen LogP contribution in [0.5, 0.6) is 17.2 Å². The standard InChI is InChI=1S/C27H31NO6/c1-15(29)28-20-8-7-16-12-22(31-2)25(32-3)26(33-4)24(16)19-11-17-13-23(27(30)9-5-6-10-27)34-21(17)14-18(19)20/h11-14,20,30H,5-10H2,1-4H3,(H,28,29)/t20-/m0/s1. The summed E-state index contributed by atoms with van der Waals surface area (Å²) in [4.78, 5) is 12.1. The molecule has 3 aromatic rings. The van der Waals surface area contributed by atoms with Crippen LogP contribution in [0.15, 0.2) is 28.7 Å². The number of nitrogens with one attached hydrogen (secondary N) is 1. The molecule has 180 valence electrons. The van der Waals surface area contributed by atoms with Gasteiger partial charge in [0, 0.05) is 17.9 Å². The molecule has 1 aromatic heterocycles. The average molecular weight is 466 g/mol. The monoisotopic (exact) mass is 465 g/mol. The van der Waals surface area contributed by atoms with E-state index in [1.165, 1.54) is 6.92 Å². The van der Waals surface area contributed by atoms with Gasteiger partial charge in [-0.3, -0.25) is 4.79 Å². The van der Waals surface area contributed by atoms with E-state index in [2.05, 4.69) is 11.4 Å². The lowest BCUT2D eigenvalue weighted by Gasteiger charge is -2.21. The maximum Gasteiger partial charge on any atom is 0.217 e. The van der Waals surface area contributed by atoms with Crippen molar-refractivity contribution < 1.29 is 28.5 Å². The van der Waals surface area contributed by atoms with Crippen molar-refractivity contribution in [1.82, 2.24) is 5.32 Å². The topological polar surface area (TPSA) is 90.2 Å². The Morgan fingerprint density at radius 2 is 1.79 bits per heavy atom. The van der Waals surface area contributed by atoms with E-state index in [0.717, 1.165) is 46.9 Å². The van der Waals surface area contributed by atoms with Crippen LogP contribution >= 0.6 is 0 Å². The largest absolute Gasteiger partial charge is 0.493 e. The van der Waals surface area contributed by atoms with Crippen molar-refractivity contribution in [2.45, 2.75) is 57.1 Å². The lowest BCUT2D eigenvalue weighted by Crippen LogP contribution is -2.26.